The lowest BCUT2D eigenvalue weighted by Crippen LogP contribution is -2.32. The SMILES string of the molecule is C=CCN(C(=O)CSc1nnc(N2CCCC2)n1Cc1ccco1)c1ccccc1. The van der Waals surface area contributed by atoms with E-state index in [0.29, 0.717) is 18.2 Å². The average Bonchev–Trinajstić information content (AvgIpc) is 3.53. The summed E-state index contributed by atoms with van der Waals surface area (Å²) in [6.45, 7) is 6.73. The molecule has 0 unspecified atom stereocenters. The van der Waals surface area contributed by atoms with E-state index in [0.717, 1.165) is 43.3 Å². The molecule has 2 aromatic heterocycles. The average molecular weight is 424 g/mol. The highest BCUT2D eigenvalue weighted by Crippen LogP contribution is 2.26. The second kappa shape index (κ2) is 9.67. The van der Waals surface area contributed by atoms with Gasteiger partial charge in [0.15, 0.2) is 5.16 Å². The molecule has 1 saturated heterocycles. The Morgan fingerprint density at radius 1 is 1.17 bits per heavy atom. The number of carbonyl (C=O) groups is 1. The van der Waals surface area contributed by atoms with E-state index in [1.807, 2.05) is 47.0 Å². The van der Waals surface area contributed by atoms with Crippen LogP contribution in [0.3, 0.4) is 0 Å². The van der Waals surface area contributed by atoms with Crippen LogP contribution in [0.2, 0.25) is 0 Å². The Labute approximate surface area is 180 Å². The van der Waals surface area contributed by atoms with Gasteiger partial charge in [0.25, 0.3) is 0 Å². The number of para-hydroxylation sites is 1. The number of furan rings is 1. The van der Waals surface area contributed by atoms with E-state index in [-0.39, 0.29) is 11.7 Å². The fourth-order valence-electron chi connectivity index (χ4n) is 3.53. The molecule has 7 nitrogen and oxygen atoms in total. The quantitative estimate of drug-likeness (QED) is 0.385. The van der Waals surface area contributed by atoms with Crippen molar-refractivity contribution in [1.29, 1.82) is 0 Å². The second-order valence-corrected chi connectivity index (χ2v) is 8.00. The molecule has 0 bridgehead atoms. The lowest BCUT2D eigenvalue weighted by Gasteiger charge is -2.21. The molecule has 156 valence electrons. The molecule has 0 radical (unpaired) electrons. The third-order valence-electron chi connectivity index (χ3n) is 4.99. The first-order valence-electron chi connectivity index (χ1n) is 10.1. The minimum absolute atomic E-state index is 0.00127. The van der Waals surface area contributed by atoms with Crippen LogP contribution in [0.4, 0.5) is 11.6 Å². The zero-order valence-corrected chi connectivity index (χ0v) is 17.6. The molecule has 0 aliphatic carbocycles. The van der Waals surface area contributed by atoms with Crippen molar-refractivity contribution in [3.05, 3.63) is 67.1 Å². The van der Waals surface area contributed by atoms with Crippen molar-refractivity contribution in [3.63, 3.8) is 0 Å². The maximum Gasteiger partial charge on any atom is 0.237 e. The number of aromatic nitrogens is 3. The molecule has 1 aromatic carbocycles. The number of hydrogen-bond donors (Lipinski definition) is 0. The van der Waals surface area contributed by atoms with Crippen molar-refractivity contribution in [1.82, 2.24) is 14.8 Å². The van der Waals surface area contributed by atoms with Gasteiger partial charge in [0.05, 0.1) is 18.6 Å². The third kappa shape index (κ3) is 4.59. The molecule has 8 heteroatoms. The van der Waals surface area contributed by atoms with Crippen molar-refractivity contribution in [2.75, 3.05) is 35.2 Å². The molecule has 1 aliphatic rings. The standard InChI is InChI=1S/C22H25N5O2S/c1-2-12-26(18-9-4-3-5-10-18)20(28)17-30-22-24-23-21(25-13-6-7-14-25)27(22)16-19-11-8-15-29-19/h2-5,8-11,15H,1,6-7,12-14,16-17H2. The highest BCUT2D eigenvalue weighted by molar-refractivity contribution is 7.99. The third-order valence-corrected chi connectivity index (χ3v) is 5.94. The summed E-state index contributed by atoms with van der Waals surface area (Å²) < 4.78 is 7.59. The Bertz CT molecular complexity index is 965. The van der Waals surface area contributed by atoms with Gasteiger partial charge in [0.1, 0.15) is 5.76 Å². The van der Waals surface area contributed by atoms with E-state index in [2.05, 4.69) is 21.7 Å². The number of rotatable bonds is 9. The molecule has 1 fully saturated rings. The van der Waals surface area contributed by atoms with Gasteiger partial charge in [0, 0.05) is 25.3 Å². The summed E-state index contributed by atoms with van der Waals surface area (Å²) in [4.78, 5) is 16.9. The lowest BCUT2D eigenvalue weighted by molar-refractivity contribution is -0.116. The highest BCUT2D eigenvalue weighted by Gasteiger charge is 2.23. The molecule has 0 N–H and O–H groups in total. The van der Waals surface area contributed by atoms with Crippen LogP contribution in [0.1, 0.15) is 18.6 Å². The molecule has 0 saturated carbocycles. The number of hydrogen-bond acceptors (Lipinski definition) is 6. The van der Waals surface area contributed by atoms with E-state index in [1.165, 1.54) is 11.8 Å². The van der Waals surface area contributed by atoms with Gasteiger partial charge in [-0.2, -0.15) is 0 Å². The van der Waals surface area contributed by atoms with Crippen molar-refractivity contribution < 1.29 is 9.21 Å². The van der Waals surface area contributed by atoms with Crippen LogP contribution in [0, 0.1) is 0 Å². The van der Waals surface area contributed by atoms with Gasteiger partial charge >= 0.3 is 0 Å². The predicted octanol–water partition coefficient (Wildman–Crippen LogP) is 3.83. The summed E-state index contributed by atoms with van der Waals surface area (Å²) in [6.07, 6.45) is 5.71. The Kier molecular flexibility index (Phi) is 6.53. The molecule has 3 heterocycles. The zero-order valence-electron chi connectivity index (χ0n) is 16.8. The lowest BCUT2D eigenvalue weighted by atomic mass is 10.3. The van der Waals surface area contributed by atoms with Gasteiger partial charge in [-0.15, -0.1) is 16.8 Å². The van der Waals surface area contributed by atoms with Gasteiger partial charge in [-0.3, -0.25) is 9.36 Å². The van der Waals surface area contributed by atoms with Crippen LogP contribution in [0.15, 0.2) is 71.0 Å². The van der Waals surface area contributed by atoms with Crippen molar-refractivity contribution >= 4 is 29.3 Å². The first-order valence-corrected chi connectivity index (χ1v) is 11.0. The Morgan fingerprint density at radius 2 is 1.97 bits per heavy atom. The van der Waals surface area contributed by atoms with Crippen molar-refractivity contribution in [2.45, 2.75) is 24.5 Å². The molecule has 1 amide bonds. The molecular weight excluding hydrogens is 398 g/mol. The topological polar surface area (TPSA) is 67.4 Å². The van der Waals surface area contributed by atoms with Crippen molar-refractivity contribution in [2.24, 2.45) is 0 Å². The van der Waals surface area contributed by atoms with E-state index in [4.69, 9.17) is 4.42 Å². The first-order chi connectivity index (χ1) is 14.8. The van der Waals surface area contributed by atoms with Gasteiger partial charge in [-0.25, -0.2) is 0 Å². The molecule has 1 aliphatic heterocycles. The number of carbonyl (C=O) groups excluding carboxylic acids is 1. The second-order valence-electron chi connectivity index (χ2n) is 7.06. The largest absolute Gasteiger partial charge is 0.467 e. The number of thioether (sulfide) groups is 1. The van der Waals surface area contributed by atoms with E-state index < -0.39 is 0 Å². The predicted molar refractivity (Wildman–Crippen MR) is 119 cm³/mol. The smallest absolute Gasteiger partial charge is 0.237 e. The number of anilines is 2. The highest BCUT2D eigenvalue weighted by atomic mass is 32.2. The van der Waals surface area contributed by atoms with Gasteiger partial charge in [0.2, 0.25) is 11.9 Å². The fourth-order valence-corrected chi connectivity index (χ4v) is 4.34. The van der Waals surface area contributed by atoms with E-state index in [1.54, 1.807) is 17.2 Å². The summed E-state index contributed by atoms with van der Waals surface area (Å²) in [5.74, 6) is 1.94. The van der Waals surface area contributed by atoms with E-state index in [9.17, 15) is 4.79 Å². The van der Waals surface area contributed by atoms with Crippen LogP contribution in [0.25, 0.3) is 0 Å². The van der Waals surface area contributed by atoms with Crippen LogP contribution >= 0.6 is 11.8 Å². The summed E-state index contributed by atoms with van der Waals surface area (Å²) in [6, 6.07) is 13.5. The maximum absolute atomic E-state index is 13.0. The Hall–Kier alpha value is -3.00. The molecule has 0 spiro atoms. The van der Waals surface area contributed by atoms with Crippen LogP contribution in [0.5, 0.6) is 0 Å². The molecule has 30 heavy (non-hydrogen) atoms. The monoisotopic (exact) mass is 423 g/mol. The normalized spacial score (nSPS) is 13.5. The first kappa shape index (κ1) is 20.3. The Morgan fingerprint density at radius 3 is 2.67 bits per heavy atom. The van der Waals surface area contributed by atoms with Gasteiger partial charge < -0.3 is 14.2 Å². The van der Waals surface area contributed by atoms with Crippen molar-refractivity contribution in [3.8, 4) is 0 Å². The van der Waals surface area contributed by atoms with E-state index >= 15 is 0 Å². The van der Waals surface area contributed by atoms with Crippen LogP contribution in [-0.4, -0.2) is 46.1 Å². The summed E-state index contributed by atoms with van der Waals surface area (Å²) in [5, 5.41) is 9.54. The van der Waals surface area contributed by atoms with Gasteiger partial charge in [-0.05, 0) is 37.1 Å². The summed E-state index contributed by atoms with van der Waals surface area (Å²) in [5.41, 5.74) is 0.859. The minimum Gasteiger partial charge on any atom is -0.467 e. The Balaban J connectivity index is 1.52. The number of benzene rings is 1. The van der Waals surface area contributed by atoms with Crippen LogP contribution < -0.4 is 9.80 Å². The minimum atomic E-state index is 0.00127. The fraction of sp³-hybridized carbons (Fsp3) is 0.318. The molecule has 4 rings (SSSR count). The maximum atomic E-state index is 13.0. The zero-order chi connectivity index (χ0) is 20.8. The molecule has 3 aromatic rings. The van der Waals surface area contributed by atoms with Gasteiger partial charge in [-0.1, -0.05) is 36.0 Å². The summed E-state index contributed by atoms with van der Waals surface area (Å²) in [7, 11) is 0. The number of nitrogens with zero attached hydrogens (tertiary/aromatic N) is 5. The summed E-state index contributed by atoms with van der Waals surface area (Å²) >= 11 is 1.40. The molecular formula is C22H25N5O2S. The number of amides is 1. The van der Waals surface area contributed by atoms with Crippen LogP contribution in [-0.2, 0) is 11.3 Å². The molecule has 0 atom stereocenters.